The molecule has 1 unspecified atom stereocenters. The largest absolute Gasteiger partial charge is 0.355 e. The summed E-state index contributed by atoms with van der Waals surface area (Å²) in [4.78, 5) is 9.04. The first-order valence-electron chi connectivity index (χ1n) is 7.67. The Morgan fingerprint density at radius 3 is 2.70 bits per heavy atom. The lowest BCUT2D eigenvalue weighted by Crippen LogP contribution is -2.55. The van der Waals surface area contributed by atoms with Gasteiger partial charge in [0, 0.05) is 50.8 Å². The second-order valence-electron chi connectivity index (χ2n) is 5.79. The van der Waals surface area contributed by atoms with Crippen LogP contribution in [-0.4, -0.2) is 69.1 Å². The Balaban J connectivity index is 0.00000264. The van der Waals surface area contributed by atoms with Gasteiger partial charge in [0.25, 0.3) is 0 Å². The summed E-state index contributed by atoms with van der Waals surface area (Å²) in [5.74, 6) is 0.807. The molecule has 1 atom stereocenters. The molecule has 2 rings (SSSR count). The topological polar surface area (TPSA) is 42.9 Å². The first-order chi connectivity index (χ1) is 10.6. The van der Waals surface area contributed by atoms with Crippen LogP contribution in [0.1, 0.15) is 5.56 Å². The van der Waals surface area contributed by atoms with Crippen molar-refractivity contribution in [3.8, 4) is 0 Å². The predicted octanol–water partition coefficient (Wildman–Crippen LogP) is 1.87. The number of nitrogens with zero attached hydrogens (tertiary/aromatic N) is 3. The van der Waals surface area contributed by atoms with Crippen LogP contribution in [-0.2, 0) is 6.54 Å². The van der Waals surface area contributed by atoms with Gasteiger partial charge in [0.05, 0.1) is 0 Å². The number of benzene rings is 1. The summed E-state index contributed by atoms with van der Waals surface area (Å²) < 4.78 is 0. The minimum atomic E-state index is 0. The maximum Gasteiger partial charge on any atom is 0.191 e. The Bertz CT molecular complexity index is 511. The van der Waals surface area contributed by atoms with Crippen LogP contribution in [0.4, 0.5) is 0 Å². The van der Waals surface area contributed by atoms with E-state index < -0.39 is 0 Å². The van der Waals surface area contributed by atoms with E-state index in [0.29, 0.717) is 12.6 Å². The van der Waals surface area contributed by atoms with Crippen molar-refractivity contribution in [3.05, 3.63) is 34.9 Å². The smallest absolute Gasteiger partial charge is 0.191 e. The quantitative estimate of drug-likeness (QED) is 0.417. The minimum absolute atomic E-state index is 0. The molecular formula is C16H27ClIN5. The van der Waals surface area contributed by atoms with E-state index in [1.165, 1.54) is 0 Å². The third kappa shape index (κ3) is 6.45. The molecule has 0 aromatic heterocycles. The molecule has 130 valence electrons. The maximum absolute atomic E-state index is 6.17. The molecule has 1 aromatic rings. The number of hydrogen-bond acceptors (Lipinski definition) is 3. The van der Waals surface area contributed by atoms with Gasteiger partial charge in [-0.05, 0) is 25.7 Å². The van der Waals surface area contributed by atoms with Crippen LogP contribution in [0.25, 0.3) is 0 Å². The van der Waals surface area contributed by atoms with Crippen LogP contribution in [0.2, 0.25) is 5.02 Å². The molecule has 0 spiro atoms. The first-order valence-corrected chi connectivity index (χ1v) is 8.04. The van der Waals surface area contributed by atoms with E-state index in [1.54, 1.807) is 7.05 Å². The lowest BCUT2D eigenvalue weighted by Gasteiger charge is -2.37. The van der Waals surface area contributed by atoms with Gasteiger partial charge in [-0.2, -0.15) is 0 Å². The summed E-state index contributed by atoms with van der Waals surface area (Å²) in [6.45, 7) is 4.86. The van der Waals surface area contributed by atoms with E-state index in [0.717, 1.165) is 42.7 Å². The molecule has 23 heavy (non-hydrogen) atoms. The second kappa shape index (κ2) is 10.3. The number of guanidine groups is 1. The van der Waals surface area contributed by atoms with Crippen molar-refractivity contribution < 1.29 is 0 Å². The number of nitrogens with one attached hydrogen (secondary N) is 2. The van der Waals surface area contributed by atoms with Crippen LogP contribution >= 0.6 is 35.6 Å². The molecule has 5 nitrogen and oxygen atoms in total. The van der Waals surface area contributed by atoms with Crippen LogP contribution in [0, 0.1) is 0 Å². The summed E-state index contributed by atoms with van der Waals surface area (Å²) in [6, 6.07) is 8.35. The number of likely N-dealkylation sites (N-methyl/N-ethyl adjacent to an activating group) is 2. The van der Waals surface area contributed by atoms with Crippen LogP contribution in [0.5, 0.6) is 0 Å². The van der Waals surface area contributed by atoms with E-state index >= 15 is 0 Å². The van der Waals surface area contributed by atoms with E-state index in [2.05, 4.69) is 39.5 Å². The molecule has 0 radical (unpaired) electrons. The second-order valence-corrected chi connectivity index (χ2v) is 6.20. The highest BCUT2D eigenvalue weighted by atomic mass is 127. The van der Waals surface area contributed by atoms with Crippen LogP contribution < -0.4 is 10.6 Å². The highest BCUT2D eigenvalue weighted by Crippen LogP contribution is 2.14. The third-order valence-corrected chi connectivity index (χ3v) is 4.48. The standard InChI is InChI=1S/C16H26ClN5.HI/c1-18-16(19-10-13-6-4-5-7-15(13)17)20-11-14-12-21(2)8-9-22(14)3;/h4-7,14H,8-12H2,1-3H3,(H2,18,19,20);1H. The average molecular weight is 452 g/mol. The molecule has 2 N–H and O–H groups in total. The molecule has 0 saturated carbocycles. The maximum atomic E-state index is 6.17. The molecule has 1 aliphatic rings. The predicted molar refractivity (Wildman–Crippen MR) is 109 cm³/mol. The van der Waals surface area contributed by atoms with E-state index in [1.807, 2.05) is 24.3 Å². The molecule has 0 aliphatic carbocycles. The lowest BCUT2D eigenvalue weighted by atomic mass is 10.2. The Hall–Kier alpha value is -0.570. The summed E-state index contributed by atoms with van der Waals surface area (Å²) in [6.07, 6.45) is 0. The average Bonchev–Trinajstić information content (AvgIpc) is 2.52. The third-order valence-electron chi connectivity index (χ3n) is 4.11. The zero-order chi connectivity index (χ0) is 15.9. The summed E-state index contributed by atoms with van der Waals surface area (Å²) in [7, 11) is 6.14. The summed E-state index contributed by atoms with van der Waals surface area (Å²) in [5.41, 5.74) is 1.07. The number of aliphatic imine (C=N–C) groups is 1. The van der Waals surface area contributed by atoms with E-state index in [9.17, 15) is 0 Å². The molecule has 1 aromatic carbocycles. The van der Waals surface area contributed by atoms with E-state index in [-0.39, 0.29) is 24.0 Å². The summed E-state index contributed by atoms with van der Waals surface area (Å²) >= 11 is 6.17. The minimum Gasteiger partial charge on any atom is -0.355 e. The lowest BCUT2D eigenvalue weighted by molar-refractivity contribution is 0.116. The van der Waals surface area contributed by atoms with Crippen molar-refractivity contribution in [2.75, 3.05) is 47.3 Å². The van der Waals surface area contributed by atoms with Crippen LogP contribution in [0.3, 0.4) is 0 Å². The monoisotopic (exact) mass is 451 g/mol. The molecule has 1 heterocycles. The number of piperazine rings is 1. The van der Waals surface area contributed by atoms with Gasteiger partial charge in [-0.1, -0.05) is 29.8 Å². The molecule has 7 heteroatoms. The normalized spacial score (nSPS) is 20.0. The van der Waals surface area contributed by atoms with Gasteiger partial charge < -0.3 is 15.5 Å². The first kappa shape index (κ1) is 20.5. The molecule has 0 amide bonds. The van der Waals surface area contributed by atoms with Crippen molar-refractivity contribution in [2.24, 2.45) is 4.99 Å². The number of halogens is 2. The number of hydrogen-bond donors (Lipinski definition) is 2. The molecule has 1 saturated heterocycles. The van der Waals surface area contributed by atoms with Gasteiger partial charge >= 0.3 is 0 Å². The van der Waals surface area contributed by atoms with Gasteiger partial charge in [0.1, 0.15) is 0 Å². The molecule has 0 bridgehead atoms. The van der Waals surface area contributed by atoms with E-state index in [4.69, 9.17) is 11.6 Å². The zero-order valence-electron chi connectivity index (χ0n) is 14.1. The fraction of sp³-hybridized carbons (Fsp3) is 0.562. The van der Waals surface area contributed by atoms with Crippen molar-refractivity contribution >= 4 is 41.5 Å². The van der Waals surface area contributed by atoms with Crippen molar-refractivity contribution in [3.63, 3.8) is 0 Å². The Labute approximate surface area is 161 Å². The fourth-order valence-electron chi connectivity index (χ4n) is 2.58. The SMILES string of the molecule is CN=C(NCc1ccccc1Cl)NCC1CN(C)CCN1C.I. The van der Waals surface area contributed by atoms with Crippen molar-refractivity contribution in [1.82, 2.24) is 20.4 Å². The van der Waals surface area contributed by atoms with Gasteiger partial charge in [-0.25, -0.2) is 0 Å². The highest BCUT2D eigenvalue weighted by Gasteiger charge is 2.21. The van der Waals surface area contributed by atoms with Crippen molar-refractivity contribution in [2.45, 2.75) is 12.6 Å². The van der Waals surface area contributed by atoms with Gasteiger partial charge in [0.2, 0.25) is 0 Å². The van der Waals surface area contributed by atoms with Gasteiger partial charge in [0.15, 0.2) is 5.96 Å². The molecule has 1 aliphatic heterocycles. The zero-order valence-corrected chi connectivity index (χ0v) is 17.1. The van der Waals surface area contributed by atoms with Crippen LogP contribution in [0.15, 0.2) is 29.3 Å². The highest BCUT2D eigenvalue weighted by molar-refractivity contribution is 14.0. The fourth-order valence-corrected chi connectivity index (χ4v) is 2.78. The number of rotatable bonds is 4. The summed E-state index contributed by atoms with van der Waals surface area (Å²) in [5, 5.41) is 7.50. The van der Waals surface area contributed by atoms with Crippen molar-refractivity contribution in [1.29, 1.82) is 0 Å². The Morgan fingerprint density at radius 2 is 2.00 bits per heavy atom. The van der Waals surface area contributed by atoms with Gasteiger partial charge in [-0.3, -0.25) is 9.89 Å². The molecular weight excluding hydrogens is 425 g/mol. The van der Waals surface area contributed by atoms with Gasteiger partial charge in [-0.15, -0.1) is 24.0 Å². The molecule has 1 fully saturated rings. The Kier molecular flexibility index (Phi) is 9.19. The Morgan fingerprint density at radius 1 is 1.26 bits per heavy atom.